The van der Waals surface area contributed by atoms with Crippen molar-refractivity contribution in [3.8, 4) is 0 Å². The molecule has 1 aromatic carbocycles. The van der Waals surface area contributed by atoms with Gasteiger partial charge in [0, 0.05) is 32.9 Å². The van der Waals surface area contributed by atoms with Crippen LogP contribution >= 0.6 is 0 Å². The number of amides is 2. The Morgan fingerprint density at radius 3 is 2.10 bits per heavy atom. The Bertz CT molecular complexity index is 515. The predicted molar refractivity (Wildman–Crippen MR) is 82.0 cm³/mol. The fourth-order valence-electron chi connectivity index (χ4n) is 2.85. The summed E-state index contributed by atoms with van der Waals surface area (Å²) < 4.78 is 0. The molecule has 0 atom stereocenters. The molecule has 0 aliphatic heterocycles. The highest BCUT2D eigenvalue weighted by atomic mass is 16.2. The van der Waals surface area contributed by atoms with Gasteiger partial charge in [-0.1, -0.05) is 24.3 Å². The summed E-state index contributed by atoms with van der Waals surface area (Å²) in [6.07, 6.45) is 1.45. The highest BCUT2D eigenvalue weighted by Gasteiger charge is 2.45. The van der Waals surface area contributed by atoms with Gasteiger partial charge in [0.2, 0.25) is 11.8 Å². The SMILES string of the molecule is CC(=O)NCCNC(=O)C1(N(C)C)Cc2ccccc2C1. The summed E-state index contributed by atoms with van der Waals surface area (Å²) in [6, 6.07) is 8.20. The van der Waals surface area contributed by atoms with Crippen LogP contribution in [0.4, 0.5) is 0 Å². The molecular formula is C16H23N3O2. The van der Waals surface area contributed by atoms with E-state index in [-0.39, 0.29) is 11.8 Å². The molecule has 5 nitrogen and oxygen atoms in total. The normalized spacial score (nSPS) is 15.6. The molecule has 0 spiro atoms. The third-order valence-corrected chi connectivity index (χ3v) is 4.15. The lowest BCUT2D eigenvalue weighted by molar-refractivity contribution is -0.131. The van der Waals surface area contributed by atoms with Crippen molar-refractivity contribution in [2.75, 3.05) is 27.2 Å². The Kier molecular flexibility index (Phi) is 4.63. The first-order valence-corrected chi connectivity index (χ1v) is 7.22. The summed E-state index contributed by atoms with van der Waals surface area (Å²) in [4.78, 5) is 25.5. The van der Waals surface area contributed by atoms with Crippen molar-refractivity contribution in [1.82, 2.24) is 15.5 Å². The molecule has 1 aliphatic carbocycles. The van der Waals surface area contributed by atoms with Crippen molar-refractivity contribution in [2.45, 2.75) is 25.3 Å². The van der Waals surface area contributed by atoms with E-state index >= 15 is 0 Å². The zero-order valence-electron chi connectivity index (χ0n) is 12.9. The summed E-state index contributed by atoms with van der Waals surface area (Å²) >= 11 is 0. The molecule has 0 heterocycles. The van der Waals surface area contributed by atoms with Gasteiger partial charge >= 0.3 is 0 Å². The summed E-state index contributed by atoms with van der Waals surface area (Å²) in [6.45, 7) is 2.37. The number of hydrogen-bond donors (Lipinski definition) is 2. The van der Waals surface area contributed by atoms with E-state index in [1.807, 2.05) is 31.1 Å². The summed E-state index contributed by atoms with van der Waals surface area (Å²) in [5, 5.41) is 5.62. The Hall–Kier alpha value is -1.88. The molecule has 2 N–H and O–H groups in total. The third kappa shape index (κ3) is 3.24. The fourth-order valence-corrected chi connectivity index (χ4v) is 2.85. The summed E-state index contributed by atoms with van der Waals surface area (Å²) in [7, 11) is 3.89. The summed E-state index contributed by atoms with van der Waals surface area (Å²) in [5.74, 6) is -0.0612. The van der Waals surface area contributed by atoms with Crippen LogP contribution in [-0.4, -0.2) is 49.4 Å². The minimum atomic E-state index is -0.528. The molecule has 21 heavy (non-hydrogen) atoms. The third-order valence-electron chi connectivity index (χ3n) is 4.15. The topological polar surface area (TPSA) is 61.4 Å². The maximum Gasteiger partial charge on any atom is 0.241 e. The highest BCUT2D eigenvalue weighted by Crippen LogP contribution is 2.33. The van der Waals surface area contributed by atoms with Gasteiger partial charge in [0.25, 0.3) is 0 Å². The Morgan fingerprint density at radius 1 is 1.10 bits per heavy atom. The Morgan fingerprint density at radius 2 is 1.62 bits per heavy atom. The van der Waals surface area contributed by atoms with Crippen LogP contribution in [-0.2, 0) is 22.4 Å². The van der Waals surface area contributed by atoms with Crippen LogP contribution in [0.3, 0.4) is 0 Å². The molecule has 0 radical (unpaired) electrons. The second-order valence-corrected chi connectivity index (χ2v) is 5.79. The van der Waals surface area contributed by atoms with E-state index in [9.17, 15) is 9.59 Å². The highest BCUT2D eigenvalue weighted by molar-refractivity contribution is 5.88. The van der Waals surface area contributed by atoms with Crippen LogP contribution in [0, 0.1) is 0 Å². The van der Waals surface area contributed by atoms with E-state index < -0.39 is 5.54 Å². The maximum atomic E-state index is 12.7. The van der Waals surface area contributed by atoms with Crippen molar-refractivity contribution in [1.29, 1.82) is 0 Å². The molecule has 2 rings (SSSR count). The first kappa shape index (κ1) is 15.5. The molecule has 0 aromatic heterocycles. The maximum absolute atomic E-state index is 12.7. The molecule has 0 saturated heterocycles. The molecular weight excluding hydrogens is 266 g/mol. The van der Waals surface area contributed by atoms with E-state index in [0.717, 1.165) is 12.8 Å². The molecule has 1 aliphatic rings. The molecule has 0 saturated carbocycles. The zero-order valence-corrected chi connectivity index (χ0v) is 12.9. The van der Waals surface area contributed by atoms with E-state index in [4.69, 9.17) is 0 Å². The largest absolute Gasteiger partial charge is 0.355 e. The number of nitrogens with one attached hydrogen (secondary N) is 2. The van der Waals surface area contributed by atoms with E-state index in [1.54, 1.807) is 0 Å². The van der Waals surface area contributed by atoms with Crippen molar-refractivity contribution in [2.24, 2.45) is 0 Å². The number of hydrogen-bond acceptors (Lipinski definition) is 3. The Balaban J connectivity index is 2.04. The molecule has 1 aromatic rings. The lowest BCUT2D eigenvalue weighted by Gasteiger charge is -2.34. The van der Waals surface area contributed by atoms with Crippen molar-refractivity contribution < 1.29 is 9.59 Å². The van der Waals surface area contributed by atoms with E-state index in [2.05, 4.69) is 22.8 Å². The molecule has 114 valence electrons. The van der Waals surface area contributed by atoms with Crippen LogP contribution < -0.4 is 10.6 Å². The van der Waals surface area contributed by atoms with Gasteiger partial charge in [-0.3, -0.25) is 14.5 Å². The van der Waals surface area contributed by atoms with Gasteiger partial charge in [0.1, 0.15) is 5.54 Å². The molecule has 0 bridgehead atoms. The molecule has 5 heteroatoms. The minimum absolute atomic E-state index is 0.0223. The number of carbonyl (C=O) groups is 2. The van der Waals surface area contributed by atoms with E-state index in [0.29, 0.717) is 13.1 Å². The zero-order chi connectivity index (χ0) is 15.5. The monoisotopic (exact) mass is 289 g/mol. The number of carbonyl (C=O) groups excluding carboxylic acids is 2. The van der Waals surface area contributed by atoms with Gasteiger partial charge < -0.3 is 10.6 Å². The second-order valence-electron chi connectivity index (χ2n) is 5.79. The van der Waals surface area contributed by atoms with Crippen LogP contribution in [0.25, 0.3) is 0 Å². The van der Waals surface area contributed by atoms with Crippen molar-refractivity contribution >= 4 is 11.8 Å². The van der Waals surface area contributed by atoms with Crippen LogP contribution in [0.15, 0.2) is 24.3 Å². The average molecular weight is 289 g/mol. The van der Waals surface area contributed by atoms with Gasteiger partial charge in [-0.15, -0.1) is 0 Å². The Labute approximate surface area is 125 Å². The number of benzene rings is 1. The van der Waals surface area contributed by atoms with Gasteiger partial charge in [-0.2, -0.15) is 0 Å². The lowest BCUT2D eigenvalue weighted by atomic mass is 9.93. The smallest absolute Gasteiger partial charge is 0.241 e. The quantitative estimate of drug-likeness (QED) is 0.768. The van der Waals surface area contributed by atoms with Gasteiger partial charge in [0.05, 0.1) is 0 Å². The lowest BCUT2D eigenvalue weighted by Crippen LogP contribution is -2.57. The van der Waals surface area contributed by atoms with Crippen LogP contribution in [0.2, 0.25) is 0 Å². The molecule has 0 fully saturated rings. The first-order chi connectivity index (χ1) is 9.95. The minimum Gasteiger partial charge on any atom is -0.355 e. The first-order valence-electron chi connectivity index (χ1n) is 7.22. The van der Waals surface area contributed by atoms with Gasteiger partial charge in [0.15, 0.2) is 0 Å². The van der Waals surface area contributed by atoms with Crippen molar-refractivity contribution in [3.05, 3.63) is 35.4 Å². The van der Waals surface area contributed by atoms with Gasteiger partial charge in [-0.05, 0) is 25.2 Å². The molecule has 2 amide bonds. The predicted octanol–water partition coefficient (Wildman–Crippen LogP) is 0.338. The number of rotatable bonds is 5. The van der Waals surface area contributed by atoms with Crippen LogP contribution in [0.1, 0.15) is 18.1 Å². The van der Waals surface area contributed by atoms with E-state index in [1.165, 1.54) is 18.1 Å². The standard InChI is InChI=1S/C16H23N3O2/c1-12(20)17-8-9-18-15(21)16(19(2)3)10-13-6-4-5-7-14(13)11-16/h4-7H,8-11H2,1-3H3,(H,17,20)(H,18,21). The van der Waals surface area contributed by atoms with Crippen LogP contribution in [0.5, 0.6) is 0 Å². The number of nitrogens with zero attached hydrogens (tertiary/aromatic N) is 1. The number of fused-ring (bicyclic) bond motifs is 1. The number of likely N-dealkylation sites (N-methyl/N-ethyl adjacent to an activating group) is 1. The second kappa shape index (κ2) is 6.26. The van der Waals surface area contributed by atoms with Gasteiger partial charge in [-0.25, -0.2) is 0 Å². The summed E-state index contributed by atoms with van der Waals surface area (Å²) in [5.41, 5.74) is 1.95. The fraction of sp³-hybridized carbons (Fsp3) is 0.500. The average Bonchev–Trinajstić information content (AvgIpc) is 2.84. The molecule has 0 unspecified atom stereocenters. The van der Waals surface area contributed by atoms with Crippen molar-refractivity contribution in [3.63, 3.8) is 0 Å².